The lowest BCUT2D eigenvalue weighted by molar-refractivity contribution is 0.0954. The Labute approximate surface area is 148 Å². The minimum absolute atomic E-state index is 0.242. The van der Waals surface area contributed by atoms with Gasteiger partial charge in [-0.25, -0.2) is 9.37 Å². The van der Waals surface area contributed by atoms with Gasteiger partial charge in [0.25, 0.3) is 5.91 Å². The van der Waals surface area contributed by atoms with E-state index in [-0.39, 0.29) is 11.5 Å². The third-order valence-corrected chi connectivity index (χ3v) is 4.79. The maximum atomic E-state index is 14.2. The van der Waals surface area contributed by atoms with E-state index >= 15 is 0 Å². The van der Waals surface area contributed by atoms with Crippen LogP contribution in [-0.4, -0.2) is 23.0 Å². The molecule has 0 atom stereocenters. The van der Waals surface area contributed by atoms with Crippen molar-refractivity contribution < 1.29 is 13.9 Å². The molecule has 2 aromatic heterocycles. The highest BCUT2D eigenvalue weighted by atomic mass is 32.1. The molecule has 0 aliphatic heterocycles. The number of pyridine rings is 1. The van der Waals surface area contributed by atoms with Crippen LogP contribution in [0, 0.1) is 12.7 Å². The number of methoxy groups -OCH3 is 1. The van der Waals surface area contributed by atoms with Crippen molar-refractivity contribution in [3.8, 4) is 16.3 Å². The fourth-order valence-electron chi connectivity index (χ4n) is 2.36. The van der Waals surface area contributed by atoms with Crippen molar-refractivity contribution in [2.45, 2.75) is 13.5 Å². The summed E-state index contributed by atoms with van der Waals surface area (Å²) in [5.41, 5.74) is 1.77. The summed E-state index contributed by atoms with van der Waals surface area (Å²) in [6.45, 7) is 2.12. The Hall–Kier alpha value is -2.80. The van der Waals surface area contributed by atoms with Crippen molar-refractivity contribution in [2.24, 2.45) is 0 Å². The highest BCUT2D eigenvalue weighted by molar-refractivity contribution is 7.17. The van der Waals surface area contributed by atoms with Crippen LogP contribution in [0.2, 0.25) is 0 Å². The van der Waals surface area contributed by atoms with Gasteiger partial charge in [0.05, 0.1) is 18.4 Å². The van der Waals surface area contributed by atoms with Crippen LogP contribution in [0.5, 0.6) is 5.75 Å². The van der Waals surface area contributed by atoms with Crippen LogP contribution in [0.25, 0.3) is 10.6 Å². The normalized spacial score (nSPS) is 10.5. The van der Waals surface area contributed by atoms with Crippen LogP contribution in [0.4, 0.5) is 4.39 Å². The van der Waals surface area contributed by atoms with Gasteiger partial charge in [0, 0.05) is 18.9 Å². The number of nitrogens with one attached hydrogen (secondary N) is 1. The summed E-state index contributed by atoms with van der Waals surface area (Å²) in [5, 5.41) is 3.26. The molecule has 0 aliphatic rings. The summed E-state index contributed by atoms with van der Waals surface area (Å²) in [6.07, 6.45) is 3.34. The van der Waals surface area contributed by atoms with E-state index in [0.29, 0.717) is 27.9 Å². The summed E-state index contributed by atoms with van der Waals surface area (Å²) < 4.78 is 19.4. The Kier molecular flexibility index (Phi) is 5.04. The van der Waals surface area contributed by atoms with Gasteiger partial charge in [0.15, 0.2) is 0 Å². The molecule has 0 fully saturated rings. The molecule has 128 valence electrons. The first-order valence-corrected chi connectivity index (χ1v) is 8.39. The number of hydrogen-bond acceptors (Lipinski definition) is 5. The molecular formula is C18H16FN3O2S. The van der Waals surface area contributed by atoms with Crippen LogP contribution in [0.1, 0.15) is 20.9 Å². The highest BCUT2D eigenvalue weighted by Crippen LogP contribution is 2.36. The van der Waals surface area contributed by atoms with Crippen molar-refractivity contribution in [2.75, 3.05) is 7.11 Å². The standard InChI is InChI=1S/C18H16FN3O2S/c1-11-16(17(23)21-10-12-6-8-20-9-7-12)25-18(22-11)15-13(19)4-3-5-14(15)24-2/h3-9H,10H2,1-2H3,(H,21,23). The van der Waals surface area contributed by atoms with Gasteiger partial charge in [0.2, 0.25) is 0 Å². The fourth-order valence-corrected chi connectivity index (χ4v) is 3.39. The first kappa shape index (κ1) is 17.0. The molecule has 1 aromatic carbocycles. The molecule has 0 unspecified atom stereocenters. The predicted octanol–water partition coefficient (Wildman–Crippen LogP) is 3.59. The van der Waals surface area contributed by atoms with E-state index in [2.05, 4.69) is 15.3 Å². The second-order valence-corrected chi connectivity index (χ2v) is 6.29. The maximum absolute atomic E-state index is 14.2. The molecule has 7 heteroatoms. The van der Waals surface area contributed by atoms with Crippen molar-refractivity contribution in [1.82, 2.24) is 15.3 Å². The van der Waals surface area contributed by atoms with Gasteiger partial charge in [-0.2, -0.15) is 0 Å². The van der Waals surface area contributed by atoms with E-state index in [9.17, 15) is 9.18 Å². The lowest BCUT2D eigenvalue weighted by atomic mass is 10.2. The van der Waals surface area contributed by atoms with E-state index in [4.69, 9.17) is 4.74 Å². The lowest BCUT2D eigenvalue weighted by Crippen LogP contribution is -2.22. The molecule has 0 bridgehead atoms. The molecule has 25 heavy (non-hydrogen) atoms. The van der Waals surface area contributed by atoms with Crippen molar-refractivity contribution >= 4 is 17.2 Å². The first-order valence-electron chi connectivity index (χ1n) is 7.57. The second kappa shape index (κ2) is 7.40. The van der Waals surface area contributed by atoms with E-state index in [1.807, 2.05) is 12.1 Å². The summed E-state index contributed by atoms with van der Waals surface area (Å²) in [6, 6.07) is 8.24. The maximum Gasteiger partial charge on any atom is 0.263 e. The topological polar surface area (TPSA) is 64.1 Å². The average molecular weight is 357 g/mol. The number of carbonyl (C=O) groups is 1. The van der Waals surface area contributed by atoms with E-state index in [0.717, 1.165) is 16.9 Å². The number of benzene rings is 1. The van der Waals surface area contributed by atoms with Crippen LogP contribution in [-0.2, 0) is 6.54 Å². The summed E-state index contributed by atoms with van der Waals surface area (Å²) in [4.78, 5) is 21.2. The largest absolute Gasteiger partial charge is 0.496 e. The molecule has 2 heterocycles. The highest BCUT2D eigenvalue weighted by Gasteiger charge is 2.20. The Morgan fingerprint density at radius 1 is 1.28 bits per heavy atom. The molecule has 3 aromatic rings. The Bertz CT molecular complexity index is 897. The number of carbonyl (C=O) groups excluding carboxylic acids is 1. The van der Waals surface area contributed by atoms with Gasteiger partial charge in [-0.05, 0) is 36.8 Å². The molecule has 1 N–H and O–H groups in total. The van der Waals surface area contributed by atoms with Crippen molar-refractivity contribution in [3.05, 3.63) is 64.7 Å². The SMILES string of the molecule is COc1cccc(F)c1-c1nc(C)c(C(=O)NCc2ccncc2)s1. The van der Waals surface area contributed by atoms with Crippen LogP contribution >= 0.6 is 11.3 Å². The minimum atomic E-state index is -0.433. The molecule has 3 rings (SSSR count). The van der Waals surface area contributed by atoms with Gasteiger partial charge < -0.3 is 10.1 Å². The molecule has 0 saturated carbocycles. The molecule has 0 saturated heterocycles. The number of rotatable bonds is 5. The van der Waals surface area contributed by atoms with Gasteiger partial charge in [0.1, 0.15) is 21.5 Å². The predicted molar refractivity (Wildman–Crippen MR) is 94.2 cm³/mol. The third kappa shape index (κ3) is 3.66. The van der Waals surface area contributed by atoms with Gasteiger partial charge in [-0.3, -0.25) is 9.78 Å². The lowest BCUT2D eigenvalue weighted by Gasteiger charge is -2.06. The molecule has 5 nitrogen and oxygen atoms in total. The first-order chi connectivity index (χ1) is 12.1. The number of nitrogens with zero attached hydrogens (tertiary/aromatic N) is 2. The number of amides is 1. The molecule has 0 radical (unpaired) electrons. The number of hydrogen-bond donors (Lipinski definition) is 1. The third-order valence-electron chi connectivity index (χ3n) is 3.61. The summed E-state index contributed by atoms with van der Waals surface area (Å²) in [7, 11) is 1.47. The number of ether oxygens (including phenoxy) is 1. The number of aromatic nitrogens is 2. The van der Waals surface area contributed by atoms with Gasteiger partial charge >= 0.3 is 0 Å². The van der Waals surface area contributed by atoms with Crippen LogP contribution in [0.3, 0.4) is 0 Å². The van der Waals surface area contributed by atoms with E-state index in [1.165, 1.54) is 13.2 Å². The quantitative estimate of drug-likeness (QED) is 0.758. The average Bonchev–Trinajstić information content (AvgIpc) is 3.01. The summed E-state index contributed by atoms with van der Waals surface area (Å²) >= 11 is 1.14. The monoisotopic (exact) mass is 357 g/mol. The Morgan fingerprint density at radius 3 is 2.76 bits per heavy atom. The number of thiazole rings is 1. The van der Waals surface area contributed by atoms with Crippen molar-refractivity contribution in [3.63, 3.8) is 0 Å². The zero-order valence-corrected chi connectivity index (χ0v) is 14.6. The van der Waals surface area contributed by atoms with E-state index < -0.39 is 5.82 Å². The zero-order chi connectivity index (χ0) is 17.8. The van der Waals surface area contributed by atoms with E-state index in [1.54, 1.807) is 31.5 Å². The molecule has 0 spiro atoms. The van der Waals surface area contributed by atoms with Gasteiger partial charge in [-0.1, -0.05) is 6.07 Å². The number of aryl methyl sites for hydroxylation is 1. The molecule has 1 amide bonds. The Balaban J connectivity index is 1.84. The molecular weight excluding hydrogens is 341 g/mol. The smallest absolute Gasteiger partial charge is 0.263 e. The van der Waals surface area contributed by atoms with Crippen LogP contribution in [0.15, 0.2) is 42.7 Å². The molecule has 0 aliphatic carbocycles. The second-order valence-electron chi connectivity index (χ2n) is 5.29. The van der Waals surface area contributed by atoms with Crippen LogP contribution < -0.4 is 10.1 Å². The van der Waals surface area contributed by atoms with Crippen molar-refractivity contribution in [1.29, 1.82) is 0 Å². The number of halogens is 1. The summed E-state index contributed by atoms with van der Waals surface area (Å²) in [5.74, 6) is -0.289. The fraction of sp³-hybridized carbons (Fsp3) is 0.167. The minimum Gasteiger partial charge on any atom is -0.496 e. The van der Waals surface area contributed by atoms with Gasteiger partial charge in [-0.15, -0.1) is 11.3 Å². The zero-order valence-electron chi connectivity index (χ0n) is 13.7. The Morgan fingerprint density at radius 2 is 2.04 bits per heavy atom.